The summed E-state index contributed by atoms with van der Waals surface area (Å²) in [7, 11) is 3.05. The number of anilines is 1. The standard InChI is InChI=1S/C31H35ClN7O7P/c1-18(2)28(40)35-30-34-27-26(29(41)36-30)33-17-39(27)25-14-38(13-19(46-25)15-45-47(32,43)37(3)4)31(42)44-16-24-22-11-7-5-9-20(22)21-10-6-8-12-23(21)24/h5-12,17-19,24-25H,13-16H2,1-4H3,(H2,34,35,36,40,41). The SMILES string of the molecule is CC(C)C(=O)Nc1nc2c(ncn2C2CN(C(=O)OCC3c4ccccc4-c4ccccc43)CC(COP(=O)(Cl)N(C)C)O2)c(=O)[nH]1. The van der Waals surface area contributed by atoms with Gasteiger partial charge in [-0.2, -0.15) is 4.98 Å². The molecule has 1 aliphatic carbocycles. The topological polar surface area (TPSA) is 161 Å². The van der Waals surface area contributed by atoms with E-state index in [2.05, 4.69) is 32.4 Å². The van der Waals surface area contributed by atoms with E-state index in [1.54, 1.807) is 13.8 Å². The first kappa shape index (κ1) is 32.9. The maximum absolute atomic E-state index is 13.7. The van der Waals surface area contributed by atoms with Crippen LogP contribution in [-0.4, -0.2) is 87.6 Å². The van der Waals surface area contributed by atoms with Gasteiger partial charge in [0.15, 0.2) is 17.4 Å². The summed E-state index contributed by atoms with van der Waals surface area (Å²) in [5.74, 6) is -0.884. The van der Waals surface area contributed by atoms with Crippen LogP contribution < -0.4 is 10.9 Å². The van der Waals surface area contributed by atoms with Gasteiger partial charge in [0.2, 0.25) is 11.9 Å². The number of imidazole rings is 1. The number of nitrogens with zero attached hydrogens (tertiary/aromatic N) is 5. The van der Waals surface area contributed by atoms with Crippen LogP contribution in [0.2, 0.25) is 0 Å². The molecule has 3 unspecified atom stereocenters. The maximum atomic E-state index is 13.7. The number of benzene rings is 2. The van der Waals surface area contributed by atoms with Gasteiger partial charge in [0.05, 0.1) is 26.0 Å². The van der Waals surface area contributed by atoms with Crippen LogP contribution >= 0.6 is 18.1 Å². The molecule has 0 spiro atoms. The summed E-state index contributed by atoms with van der Waals surface area (Å²) >= 11 is 6.11. The van der Waals surface area contributed by atoms with Crippen molar-refractivity contribution in [1.29, 1.82) is 0 Å². The minimum atomic E-state index is -3.64. The zero-order chi connectivity index (χ0) is 33.5. The van der Waals surface area contributed by atoms with E-state index in [0.717, 1.165) is 22.3 Å². The molecule has 1 fully saturated rings. The first-order valence-electron chi connectivity index (χ1n) is 15.1. The van der Waals surface area contributed by atoms with Crippen LogP contribution in [0.3, 0.4) is 0 Å². The molecular formula is C31H35ClN7O7P. The fraction of sp³-hybridized carbons (Fsp3) is 0.387. The second kappa shape index (κ2) is 13.2. The lowest BCUT2D eigenvalue weighted by atomic mass is 9.98. The summed E-state index contributed by atoms with van der Waals surface area (Å²) in [6, 6.07) is 16.1. The van der Waals surface area contributed by atoms with Crippen molar-refractivity contribution < 1.29 is 28.2 Å². The molecular weight excluding hydrogens is 649 g/mol. The van der Waals surface area contributed by atoms with Crippen molar-refractivity contribution >= 4 is 47.2 Å². The summed E-state index contributed by atoms with van der Waals surface area (Å²) in [6.07, 6.45) is -0.913. The number of ether oxygens (including phenoxy) is 2. The highest BCUT2D eigenvalue weighted by molar-refractivity contribution is 7.83. The van der Waals surface area contributed by atoms with E-state index in [-0.39, 0.29) is 61.2 Å². The van der Waals surface area contributed by atoms with Crippen molar-refractivity contribution in [3.8, 4) is 11.1 Å². The molecule has 1 aliphatic heterocycles. The maximum Gasteiger partial charge on any atom is 0.410 e. The van der Waals surface area contributed by atoms with E-state index in [9.17, 15) is 18.9 Å². The van der Waals surface area contributed by atoms with Crippen LogP contribution in [0.4, 0.5) is 10.7 Å². The number of amides is 2. The summed E-state index contributed by atoms with van der Waals surface area (Å²) in [6.45, 7) is -0.267. The Morgan fingerprint density at radius 1 is 1.11 bits per heavy atom. The molecule has 0 saturated carbocycles. The normalized spacial score (nSPS) is 19.1. The number of H-pyrrole nitrogens is 1. The van der Waals surface area contributed by atoms with Gasteiger partial charge in [-0.1, -0.05) is 62.4 Å². The zero-order valence-electron chi connectivity index (χ0n) is 26.3. The summed E-state index contributed by atoms with van der Waals surface area (Å²) in [5, 5.41) is 2.59. The molecule has 2 aliphatic rings. The lowest BCUT2D eigenvalue weighted by molar-refractivity contribution is -0.124. The largest absolute Gasteiger partial charge is 0.448 e. The molecule has 1 saturated heterocycles. The van der Waals surface area contributed by atoms with Crippen molar-refractivity contribution in [2.24, 2.45) is 5.92 Å². The average Bonchev–Trinajstić information content (AvgIpc) is 3.62. The average molecular weight is 684 g/mol. The van der Waals surface area contributed by atoms with Crippen molar-refractivity contribution in [3.63, 3.8) is 0 Å². The number of hydrogen-bond donors (Lipinski definition) is 2. The van der Waals surface area contributed by atoms with E-state index < -0.39 is 30.9 Å². The highest BCUT2D eigenvalue weighted by Gasteiger charge is 2.37. The molecule has 248 valence electrons. The molecule has 2 aromatic carbocycles. The number of fused-ring (bicyclic) bond motifs is 4. The molecule has 0 radical (unpaired) electrons. The number of carbonyl (C=O) groups is 2. The lowest BCUT2D eigenvalue weighted by Crippen LogP contribution is -2.50. The number of nitrogens with one attached hydrogen (secondary N) is 2. The van der Waals surface area contributed by atoms with E-state index >= 15 is 0 Å². The molecule has 47 heavy (non-hydrogen) atoms. The quantitative estimate of drug-likeness (QED) is 0.235. The minimum Gasteiger partial charge on any atom is -0.448 e. The molecule has 4 aromatic rings. The van der Waals surface area contributed by atoms with E-state index in [4.69, 9.17) is 25.2 Å². The second-order valence-electron chi connectivity index (χ2n) is 11.9. The van der Waals surface area contributed by atoms with Gasteiger partial charge in [0.1, 0.15) is 12.7 Å². The Labute approximate surface area is 275 Å². The third-order valence-electron chi connectivity index (χ3n) is 8.15. The molecule has 2 N–H and O–H groups in total. The second-order valence-corrected chi connectivity index (χ2v) is 15.1. The fourth-order valence-corrected chi connectivity index (χ4v) is 6.39. The van der Waals surface area contributed by atoms with Crippen LogP contribution in [0.25, 0.3) is 22.3 Å². The van der Waals surface area contributed by atoms with E-state index in [0.29, 0.717) is 0 Å². The number of aromatic nitrogens is 4. The number of halogens is 1. The van der Waals surface area contributed by atoms with Gasteiger partial charge in [-0.15, -0.1) is 0 Å². The Kier molecular flexibility index (Phi) is 9.23. The van der Waals surface area contributed by atoms with Gasteiger partial charge in [-0.3, -0.25) is 29.0 Å². The molecule has 3 atom stereocenters. The Morgan fingerprint density at radius 2 is 1.77 bits per heavy atom. The predicted molar refractivity (Wildman–Crippen MR) is 175 cm³/mol. The first-order chi connectivity index (χ1) is 22.4. The lowest BCUT2D eigenvalue weighted by Gasteiger charge is -2.38. The van der Waals surface area contributed by atoms with Crippen LogP contribution in [0.5, 0.6) is 0 Å². The number of carbonyl (C=O) groups excluding carboxylic acids is 2. The van der Waals surface area contributed by atoms with Gasteiger partial charge < -0.3 is 18.9 Å². The summed E-state index contributed by atoms with van der Waals surface area (Å²) in [5.41, 5.74) is 3.95. The third kappa shape index (κ3) is 6.69. The number of hydrogen-bond acceptors (Lipinski definition) is 9. The van der Waals surface area contributed by atoms with E-state index in [1.807, 2.05) is 36.4 Å². The molecule has 14 nitrogen and oxygen atoms in total. The van der Waals surface area contributed by atoms with E-state index in [1.165, 1.54) is 34.6 Å². The van der Waals surface area contributed by atoms with Gasteiger partial charge in [-0.25, -0.2) is 14.4 Å². The summed E-state index contributed by atoms with van der Waals surface area (Å²) < 4.78 is 33.2. The van der Waals surface area contributed by atoms with Gasteiger partial charge in [-0.05, 0) is 47.6 Å². The molecule has 2 aromatic heterocycles. The van der Waals surface area contributed by atoms with Gasteiger partial charge >= 0.3 is 13.0 Å². The molecule has 3 heterocycles. The number of aromatic amines is 1. The first-order valence-corrected chi connectivity index (χ1v) is 17.6. The highest BCUT2D eigenvalue weighted by Crippen LogP contribution is 2.54. The van der Waals surface area contributed by atoms with Gasteiger partial charge in [0, 0.05) is 11.8 Å². The predicted octanol–water partition coefficient (Wildman–Crippen LogP) is 4.79. The third-order valence-corrected chi connectivity index (χ3v) is 10.8. The molecule has 16 heteroatoms. The Bertz CT molecular complexity index is 1880. The van der Waals surface area contributed by atoms with Crippen LogP contribution in [0.1, 0.15) is 37.1 Å². The zero-order valence-corrected chi connectivity index (χ0v) is 27.9. The summed E-state index contributed by atoms with van der Waals surface area (Å²) in [4.78, 5) is 51.4. The number of morpholine rings is 1. The fourth-order valence-electron chi connectivity index (χ4n) is 5.64. The minimum absolute atomic E-state index is 0.00696. The molecule has 2 amide bonds. The van der Waals surface area contributed by atoms with Crippen molar-refractivity contribution in [2.45, 2.75) is 32.1 Å². The Hall–Kier alpha value is -4.07. The van der Waals surface area contributed by atoms with Crippen LogP contribution in [0, 0.1) is 5.92 Å². The number of rotatable bonds is 9. The molecule has 0 bridgehead atoms. The van der Waals surface area contributed by atoms with Gasteiger partial charge in [0.25, 0.3) is 5.56 Å². The Balaban J connectivity index is 1.26. The monoisotopic (exact) mass is 683 g/mol. The van der Waals surface area contributed by atoms with Crippen molar-refractivity contribution in [1.82, 2.24) is 29.1 Å². The Morgan fingerprint density at radius 3 is 2.40 bits per heavy atom. The van der Waals surface area contributed by atoms with Crippen molar-refractivity contribution in [2.75, 3.05) is 45.7 Å². The van der Waals surface area contributed by atoms with Crippen LogP contribution in [-0.2, 0) is 23.4 Å². The van der Waals surface area contributed by atoms with Crippen molar-refractivity contribution in [3.05, 3.63) is 76.3 Å². The van der Waals surface area contributed by atoms with Crippen LogP contribution in [0.15, 0.2) is 59.7 Å². The molecule has 6 rings (SSSR count). The highest BCUT2D eigenvalue weighted by atomic mass is 35.7. The smallest absolute Gasteiger partial charge is 0.410 e.